The quantitative estimate of drug-likeness (QED) is 0.643. The summed E-state index contributed by atoms with van der Waals surface area (Å²) in [4.78, 5) is 2.48. The van der Waals surface area contributed by atoms with Crippen molar-refractivity contribution in [3.05, 3.63) is 0 Å². The Hall–Kier alpha value is -0.120. The van der Waals surface area contributed by atoms with Crippen molar-refractivity contribution in [3.8, 4) is 0 Å². The lowest BCUT2D eigenvalue weighted by Crippen LogP contribution is -2.45. The Labute approximate surface area is 79.9 Å². The number of hydrogen-bond donors (Lipinski definition) is 2. The van der Waals surface area contributed by atoms with Gasteiger partial charge < -0.3 is 15.7 Å². The van der Waals surface area contributed by atoms with Crippen molar-refractivity contribution in [3.63, 3.8) is 0 Å². The van der Waals surface area contributed by atoms with Gasteiger partial charge in [0, 0.05) is 25.7 Å². The minimum Gasteiger partial charge on any atom is -0.393 e. The molecule has 0 atom stereocenters. The van der Waals surface area contributed by atoms with Crippen molar-refractivity contribution in [2.45, 2.75) is 37.8 Å². The molecule has 3 nitrogen and oxygen atoms in total. The molecule has 0 radical (unpaired) electrons. The number of rotatable bonds is 2. The number of aliphatic hydroxyl groups is 1. The van der Waals surface area contributed by atoms with Gasteiger partial charge >= 0.3 is 0 Å². The lowest BCUT2D eigenvalue weighted by Gasteiger charge is -2.38. The average Bonchev–Trinajstić information content (AvgIpc) is 2.06. The molecule has 2 rings (SSSR count). The molecule has 13 heavy (non-hydrogen) atoms. The van der Waals surface area contributed by atoms with Crippen molar-refractivity contribution in [1.29, 1.82) is 0 Å². The summed E-state index contributed by atoms with van der Waals surface area (Å²) >= 11 is 0. The molecule has 0 spiro atoms. The summed E-state index contributed by atoms with van der Waals surface area (Å²) in [6.45, 7) is 3.36. The molecule has 0 bridgehead atoms. The second kappa shape index (κ2) is 3.95. The van der Waals surface area contributed by atoms with Gasteiger partial charge in [-0.1, -0.05) is 0 Å². The Morgan fingerprint density at radius 2 is 1.85 bits per heavy atom. The van der Waals surface area contributed by atoms with Gasteiger partial charge in [0.25, 0.3) is 0 Å². The lowest BCUT2D eigenvalue weighted by atomic mass is 9.80. The van der Waals surface area contributed by atoms with Crippen LogP contribution in [0.1, 0.15) is 25.7 Å². The van der Waals surface area contributed by atoms with Gasteiger partial charge in [-0.15, -0.1) is 0 Å². The third-order valence-electron chi connectivity index (χ3n) is 3.35. The summed E-state index contributed by atoms with van der Waals surface area (Å²) in [7, 11) is 0. The highest BCUT2D eigenvalue weighted by molar-refractivity contribution is 4.85. The monoisotopic (exact) mass is 184 g/mol. The summed E-state index contributed by atoms with van der Waals surface area (Å²) in [6, 6.07) is 0.473. The Morgan fingerprint density at radius 1 is 1.23 bits per heavy atom. The van der Waals surface area contributed by atoms with Crippen LogP contribution in [0, 0.1) is 5.92 Å². The summed E-state index contributed by atoms with van der Waals surface area (Å²) < 4.78 is 0. The second-order valence-electron chi connectivity index (χ2n) is 4.63. The summed E-state index contributed by atoms with van der Waals surface area (Å²) in [5.41, 5.74) is 5.74. The van der Waals surface area contributed by atoms with Crippen LogP contribution in [0.3, 0.4) is 0 Å². The fraction of sp³-hybridized carbons (Fsp3) is 1.00. The van der Waals surface area contributed by atoms with Crippen LogP contribution in [0.25, 0.3) is 0 Å². The minimum atomic E-state index is -0.0418. The average molecular weight is 184 g/mol. The fourth-order valence-electron chi connectivity index (χ4n) is 2.40. The fourth-order valence-corrected chi connectivity index (χ4v) is 2.40. The van der Waals surface area contributed by atoms with Gasteiger partial charge in [0.05, 0.1) is 6.10 Å². The number of likely N-dealkylation sites (tertiary alicyclic amines) is 1. The molecule has 1 saturated heterocycles. The molecule has 1 heterocycles. The molecule has 1 saturated carbocycles. The van der Waals surface area contributed by atoms with Gasteiger partial charge in [0.1, 0.15) is 0 Å². The predicted molar refractivity (Wildman–Crippen MR) is 52.4 cm³/mol. The van der Waals surface area contributed by atoms with E-state index in [2.05, 4.69) is 4.90 Å². The maximum absolute atomic E-state index is 9.33. The first kappa shape index (κ1) is 9.44. The van der Waals surface area contributed by atoms with Crippen LogP contribution in [0.15, 0.2) is 0 Å². The van der Waals surface area contributed by atoms with E-state index >= 15 is 0 Å². The molecule has 76 valence electrons. The molecule has 2 fully saturated rings. The Bertz CT molecular complexity index is 160. The van der Waals surface area contributed by atoms with Gasteiger partial charge in [-0.3, -0.25) is 0 Å². The predicted octanol–water partition coefficient (Wildman–Crippen LogP) is 0.180. The van der Waals surface area contributed by atoms with E-state index in [4.69, 9.17) is 5.73 Å². The van der Waals surface area contributed by atoms with Crippen LogP contribution >= 0.6 is 0 Å². The minimum absolute atomic E-state index is 0.0418. The van der Waals surface area contributed by atoms with Gasteiger partial charge in [-0.25, -0.2) is 0 Å². The van der Waals surface area contributed by atoms with Crippen molar-refractivity contribution in [2.24, 2.45) is 11.7 Å². The first-order valence-electron chi connectivity index (χ1n) is 5.40. The largest absolute Gasteiger partial charge is 0.393 e. The number of nitrogens with zero attached hydrogens (tertiary/aromatic N) is 1. The van der Waals surface area contributed by atoms with E-state index in [1.165, 1.54) is 19.4 Å². The molecular weight excluding hydrogens is 164 g/mol. The van der Waals surface area contributed by atoms with Crippen molar-refractivity contribution >= 4 is 0 Å². The molecule has 0 unspecified atom stereocenters. The molecule has 0 amide bonds. The summed E-state index contributed by atoms with van der Waals surface area (Å²) in [6.07, 6.45) is 4.29. The number of aliphatic hydroxyl groups excluding tert-OH is 1. The molecule has 0 aromatic rings. The molecule has 2 aliphatic rings. The smallest absolute Gasteiger partial charge is 0.0564 e. The molecule has 3 N–H and O–H groups in total. The van der Waals surface area contributed by atoms with Crippen LogP contribution < -0.4 is 5.73 Å². The van der Waals surface area contributed by atoms with Gasteiger partial charge in [0.15, 0.2) is 0 Å². The zero-order valence-corrected chi connectivity index (χ0v) is 8.15. The van der Waals surface area contributed by atoms with E-state index in [1.807, 2.05) is 0 Å². The highest BCUT2D eigenvalue weighted by atomic mass is 16.3. The van der Waals surface area contributed by atoms with Crippen molar-refractivity contribution in [1.82, 2.24) is 4.90 Å². The molecule has 0 aromatic carbocycles. The van der Waals surface area contributed by atoms with E-state index in [0.717, 1.165) is 31.8 Å². The first-order valence-corrected chi connectivity index (χ1v) is 5.40. The van der Waals surface area contributed by atoms with Crippen LogP contribution in [-0.2, 0) is 0 Å². The molecule has 1 aliphatic carbocycles. The molecule has 0 aromatic heterocycles. The van der Waals surface area contributed by atoms with Crippen molar-refractivity contribution < 1.29 is 5.11 Å². The van der Waals surface area contributed by atoms with Gasteiger partial charge in [-0.05, 0) is 31.6 Å². The SMILES string of the molecule is N[C@H]1C[C@@H](CN2CCC(O)CC2)C1. The number of piperidine rings is 1. The third-order valence-corrected chi connectivity index (χ3v) is 3.35. The van der Waals surface area contributed by atoms with E-state index in [9.17, 15) is 5.11 Å². The highest BCUT2D eigenvalue weighted by Gasteiger charge is 2.28. The molecule has 1 aliphatic heterocycles. The van der Waals surface area contributed by atoms with Crippen molar-refractivity contribution in [2.75, 3.05) is 19.6 Å². The topological polar surface area (TPSA) is 49.5 Å². The molecule has 3 heteroatoms. The van der Waals surface area contributed by atoms with Gasteiger partial charge in [-0.2, -0.15) is 0 Å². The standard InChI is InChI=1S/C10H20N2O/c11-9-5-8(6-9)7-12-3-1-10(13)2-4-12/h8-10,13H,1-7,11H2/t8-,9+. The van der Waals surface area contributed by atoms with E-state index < -0.39 is 0 Å². The lowest BCUT2D eigenvalue weighted by molar-refractivity contribution is 0.0631. The highest BCUT2D eigenvalue weighted by Crippen LogP contribution is 2.27. The Balaban J connectivity index is 1.65. The van der Waals surface area contributed by atoms with Crippen LogP contribution in [0.5, 0.6) is 0 Å². The second-order valence-corrected chi connectivity index (χ2v) is 4.63. The summed E-state index contributed by atoms with van der Waals surface area (Å²) in [5, 5.41) is 9.33. The van der Waals surface area contributed by atoms with E-state index in [-0.39, 0.29) is 6.10 Å². The number of nitrogens with two attached hydrogens (primary N) is 1. The maximum atomic E-state index is 9.33. The third kappa shape index (κ3) is 2.42. The normalized spacial score (nSPS) is 37.4. The van der Waals surface area contributed by atoms with Crippen LogP contribution in [0.4, 0.5) is 0 Å². The summed E-state index contributed by atoms with van der Waals surface area (Å²) in [5.74, 6) is 0.838. The zero-order chi connectivity index (χ0) is 9.26. The van der Waals surface area contributed by atoms with Crippen LogP contribution in [-0.4, -0.2) is 41.8 Å². The van der Waals surface area contributed by atoms with E-state index in [0.29, 0.717) is 6.04 Å². The zero-order valence-electron chi connectivity index (χ0n) is 8.15. The Morgan fingerprint density at radius 3 is 2.38 bits per heavy atom. The first-order chi connectivity index (χ1) is 6.24. The van der Waals surface area contributed by atoms with Crippen LogP contribution in [0.2, 0.25) is 0 Å². The Kier molecular flexibility index (Phi) is 2.86. The van der Waals surface area contributed by atoms with E-state index in [1.54, 1.807) is 0 Å². The van der Waals surface area contributed by atoms with Gasteiger partial charge in [0.2, 0.25) is 0 Å². The number of hydrogen-bond acceptors (Lipinski definition) is 3. The maximum Gasteiger partial charge on any atom is 0.0564 e. The molecular formula is C10H20N2O.